The Kier molecular flexibility index (Phi) is 6.25. The van der Waals surface area contributed by atoms with Gasteiger partial charge < -0.3 is 15.0 Å². The summed E-state index contributed by atoms with van der Waals surface area (Å²) in [5, 5.41) is 8.06. The Morgan fingerprint density at radius 2 is 1.88 bits per heavy atom. The van der Waals surface area contributed by atoms with Crippen molar-refractivity contribution >= 4 is 17.3 Å². The van der Waals surface area contributed by atoms with Gasteiger partial charge in [0.25, 0.3) is 0 Å². The molecule has 3 aromatic heterocycles. The number of ether oxygens (including phenoxy) is 1. The molecule has 0 bridgehead atoms. The number of nitrogens with zero attached hydrogens (tertiary/aromatic N) is 6. The van der Waals surface area contributed by atoms with Gasteiger partial charge in [-0.15, -0.1) is 0 Å². The number of rotatable bonds is 7. The molecular weight excluding hydrogens is 414 g/mol. The molecule has 1 aliphatic heterocycles. The number of nitrogens with one attached hydrogen (secondary N) is 1. The van der Waals surface area contributed by atoms with E-state index in [9.17, 15) is 0 Å². The van der Waals surface area contributed by atoms with Gasteiger partial charge in [-0.3, -0.25) is 9.67 Å². The minimum Gasteiger partial charge on any atom is -0.378 e. The van der Waals surface area contributed by atoms with Crippen LogP contribution < -0.4 is 10.2 Å². The van der Waals surface area contributed by atoms with Crippen LogP contribution >= 0.6 is 0 Å². The summed E-state index contributed by atoms with van der Waals surface area (Å²) in [4.78, 5) is 15.7. The number of anilines is 3. The van der Waals surface area contributed by atoms with Gasteiger partial charge in [0, 0.05) is 73.3 Å². The summed E-state index contributed by atoms with van der Waals surface area (Å²) in [5.74, 6) is 0.581. The number of hydrogen-bond donors (Lipinski definition) is 1. The SMILES string of the molecule is CCn1cc(Cc2ccnc(Nc3ccc(N4CCOCC4)cc3)n2)c(-c2cccnc2)n1. The van der Waals surface area contributed by atoms with Crippen molar-refractivity contribution in [3.63, 3.8) is 0 Å². The molecule has 0 radical (unpaired) electrons. The van der Waals surface area contributed by atoms with Crippen LogP contribution in [0.3, 0.4) is 0 Å². The highest BCUT2D eigenvalue weighted by molar-refractivity contribution is 5.62. The van der Waals surface area contributed by atoms with E-state index in [2.05, 4.69) is 57.6 Å². The lowest BCUT2D eigenvalue weighted by Gasteiger charge is -2.28. The first-order chi connectivity index (χ1) is 16.3. The Bertz CT molecular complexity index is 1190. The third-order valence-electron chi connectivity index (χ3n) is 5.68. The van der Waals surface area contributed by atoms with Crippen molar-refractivity contribution in [2.75, 3.05) is 36.5 Å². The molecule has 1 saturated heterocycles. The molecular formula is C25H27N7O. The zero-order chi connectivity index (χ0) is 22.5. The fourth-order valence-electron chi connectivity index (χ4n) is 3.96. The maximum Gasteiger partial charge on any atom is 0.227 e. The van der Waals surface area contributed by atoms with Gasteiger partial charge in [-0.25, -0.2) is 9.97 Å². The summed E-state index contributed by atoms with van der Waals surface area (Å²) in [6.07, 6.45) is 8.16. The summed E-state index contributed by atoms with van der Waals surface area (Å²) in [6.45, 7) is 6.30. The number of aromatic nitrogens is 5. The Morgan fingerprint density at radius 1 is 1.03 bits per heavy atom. The normalized spacial score (nSPS) is 13.8. The summed E-state index contributed by atoms with van der Waals surface area (Å²) in [7, 11) is 0. The molecule has 1 fully saturated rings. The number of benzene rings is 1. The predicted octanol–water partition coefficient (Wildman–Crippen LogP) is 3.93. The molecule has 0 unspecified atom stereocenters. The van der Waals surface area contributed by atoms with Crippen molar-refractivity contribution in [3.05, 3.63) is 78.5 Å². The largest absolute Gasteiger partial charge is 0.378 e. The number of pyridine rings is 1. The molecule has 168 valence electrons. The molecule has 8 heteroatoms. The van der Waals surface area contributed by atoms with Gasteiger partial charge in [-0.05, 0) is 49.4 Å². The maximum atomic E-state index is 5.44. The average molecular weight is 442 g/mol. The third kappa shape index (κ3) is 5.01. The Balaban J connectivity index is 1.32. The van der Waals surface area contributed by atoms with Crippen molar-refractivity contribution < 1.29 is 4.74 Å². The molecule has 33 heavy (non-hydrogen) atoms. The van der Waals surface area contributed by atoms with Crippen LogP contribution in [-0.2, 0) is 17.7 Å². The quantitative estimate of drug-likeness (QED) is 0.465. The van der Waals surface area contributed by atoms with E-state index >= 15 is 0 Å². The lowest BCUT2D eigenvalue weighted by Crippen LogP contribution is -2.36. The fourth-order valence-corrected chi connectivity index (χ4v) is 3.96. The van der Waals surface area contributed by atoms with E-state index in [1.54, 1.807) is 12.4 Å². The van der Waals surface area contributed by atoms with Crippen molar-refractivity contribution in [2.45, 2.75) is 19.9 Å². The van der Waals surface area contributed by atoms with Crippen molar-refractivity contribution in [1.82, 2.24) is 24.7 Å². The number of hydrogen-bond acceptors (Lipinski definition) is 7. The monoisotopic (exact) mass is 441 g/mol. The highest BCUT2D eigenvalue weighted by Gasteiger charge is 2.14. The summed E-state index contributed by atoms with van der Waals surface area (Å²) in [5.41, 5.74) is 6.15. The zero-order valence-corrected chi connectivity index (χ0v) is 18.7. The lowest BCUT2D eigenvalue weighted by molar-refractivity contribution is 0.122. The molecule has 4 heterocycles. The first kappa shape index (κ1) is 21.1. The first-order valence-electron chi connectivity index (χ1n) is 11.3. The van der Waals surface area contributed by atoms with Crippen LogP contribution in [0.4, 0.5) is 17.3 Å². The highest BCUT2D eigenvalue weighted by Crippen LogP contribution is 2.24. The van der Waals surface area contributed by atoms with Gasteiger partial charge in [0.2, 0.25) is 5.95 Å². The molecule has 0 spiro atoms. The van der Waals surface area contributed by atoms with Crippen molar-refractivity contribution in [3.8, 4) is 11.3 Å². The lowest BCUT2D eigenvalue weighted by atomic mass is 10.1. The van der Waals surface area contributed by atoms with Crippen LogP contribution in [0, 0.1) is 0 Å². The Morgan fingerprint density at radius 3 is 2.64 bits per heavy atom. The van der Waals surface area contributed by atoms with E-state index in [1.807, 2.05) is 29.1 Å². The molecule has 1 aromatic carbocycles. The number of morpholine rings is 1. The van der Waals surface area contributed by atoms with E-state index in [4.69, 9.17) is 14.8 Å². The van der Waals surface area contributed by atoms with Gasteiger partial charge in [0.1, 0.15) is 0 Å². The van der Waals surface area contributed by atoms with Gasteiger partial charge >= 0.3 is 0 Å². The molecule has 0 saturated carbocycles. The standard InChI is InChI=1S/C25H27N7O/c1-2-32-18-20(24(30-32)19-4-3-10-26-17-19)16-22-9-11-27-25(29-22)28-21-5-7-23(8-6-21)31-12-14-33-15-13-31/h3-11,17-18H,2,12-16H2,1H3,(H,27,28,29). The Hall–Kier alpha value is -3.78. The van der Waals surface area contributed by atoms with E-state index in [0.29, 0.717) is 12.4 Å². The molecule has 1 N–H and O–H groups in total. The fraction of sp³-hybridized carbons (Fsp3) is 0.280. The van der Waals surface area contributed by atoms with Gasteiger partial charge in [-0.1, -0.05) is 0 Å². The van der Waals surface area contributed by atoms with Crippen LogP contribution in [0.15, 0.2) is 67.3 Å². The van der Waals surface area contributed by atoms with Crippen LogP contribution in [0.2, 0.25) is 0 Å². The van der Waals surface area contributed by atoms with Gasteiger partial charge in [0.05, 0.1) is 24.6 Å². The average Bonchev–Trinajstić information content (AvgIpc) is 3.29. The first-order valence-corrected chi connectivity index (χ1v) is 11.3. The minimum absolute atomic E-state index is 0.581. The molecule has 1 aliphatic rings. The summed E-state index contributed by atoms with van der Waals surface area (Å²) in [6, 6.07) is 14.3. The van der Waals surface area contributed by atoms with Crippen LogP contribution in [0.25, 0.3) is 11.3 Å². The van der Waals surface area contributed by atoms with Crippen molar-refractivity contribution in [2.24, 2.45) is 0 Å². The van der Waals surface area contributed by atoms with E-state index in [1.165, 1.54) is 5.69 Å². The molecule has 4 aromatic rings. The van der Waals surface area contributed by atoms with E-state index in [0.717, 1.165) is 61.1 Å². The summed E-state index contributed by atoms with van der Waals surface area (Å²) < 4.78 is 7.39. The Labute approximate surface area is 193 Å². The second-order valence-electron chi connectivity index (χ2n) is 7.92. The number of aryl methyl sites for hydroxylation is 1. The molecule has 8 nitrogen and oxygen atoms in total. The summed E-state index contributed by atoms with van der Waals surface area (Å²) >= 11 is 0. The van der Waals surface area contributed by atoms with E-state index in [-0.39, 0.29) is 0 Å². The maximum absolute atomic E-state index is 5.44. The van der Waals surface area contributed by atoms with Gasteiger partial charge in [0.15, 0.2) is 0 Å². The molecule has 0 atom stereocenters. The minimum atomic E-state index is 0.581. The van der Waals surface area contributed by atoms with Crippen LogP contribution in [-0.4, -0.2) is 51.0 Å². The predicted molar refractivity (Wildman–Crippen MR) is 129 cm³/mol. The van der Waals surface area contributed by atoms with E-state index < -0.39 is 0 Å². The molecule has 0 aliphatic carbocycles. The second-order valence-corrected chi connectivity index (χ2v) is 7.92. The molecule has 5 rings (SSSR count). The van der Waals surface area contributed by atoms with Crippen LogP contribution in [0.5, 0.6) is 0 Å². The zero-order valence-electron chi connectivity index (χ0n) is 18.7. The highest BCUT2D eigenvalue weighted by atomic mass is 16.5. The third-order valence-corrected chi connectivity index (χ3v) is 5.68. The smallest absolute Gasteiger partial charge is 0.227 e. The second kappa shape index (κ2) is 9.79. The van der Waals surface area contributed by atoms with Crippen molar-refractivity contribution in [1.29, 1.82) is 0 Å². The van der Waals surface area contributed by atoms with Gasteiger partial charge in [-0.2, -0.15) is 5.10 Å². The molecule has 0 amide bonds. The topological polar surface area (TPSA) is 81.0 Å². The van der Waals surface area contributed by atoms with Crippen LogP contribution in [0.1, 0.15) is 18.2 Å².